The molecule has 134 valence electrons. The summed E-state index contributed by atoms with van der Waals surface area (Å²) in [5.74, 6) is 2.44. The summed E-state index contributed by atoms with van der Waals surface area (Å²) in [5, 5.41) is 15.1. The van der Waals surface area contributed by atoms with Crippen molar-refractivity contribution < 1.29 is 14.4 Å². The van der Waals surface area contributed by atoms with Gasteiger partial charge in [0.05, 0.1) is 0 Å². The van der Waals surface area contributed by atoms with Crippen molar-refractivity contribution in [3.63, 3.8) is 0 Å². The summed E-state index contributed by atoms with van der Waals surface area (Å²) in [7, 11) is 0. The first-order valence-corrected chi connectivity index (χ1v) is 9.46. The van der Waals surface area contributed by atoms with E-state index < -0.39 is 6.09 Å². The van der Waals surface area contributed by atoms with Crippen LogP contribution in [0.3, 0.4) is 0 Å². The van der Waals surface area contributed by atoms with E-state index in [-0.39, 0.29) is 0 Å². The van der Waals surface area contributed by atoms with E-state index in [2.05, 4.69) is 34.7 Å². The van der Waals surface area contributed by atoms with Crippen LogP contribution in [0.1, 0.15) is 16.8 Å². The maximum absolute atomic E-state index is 10.9. The smallest absolute Gasteiger partial charge is 0.409 e. The number of benzene rings is 2. The lowest BCUT2D eigenvalue weighted by molar-refractivity contribution is 0.209. The fourth-order valence-electron chi connectivity index (χ4n) is 2.60. The number of anilines is 1. The van der Waals surface area contributed by atoms with Gasteiger partial charge in [0.15, 0.2) is 5.76 Å². The average molecular weight is 368 g/mol. The van der Waals surface area contributed by atoms with Crippen LogP contribution in [-0.2, 0) is 12.2 Å². The number of hydrogen-bond acceptors (Lipinski definition) is 4. The monoisotopic (exact) mass is 368 g/mol. The summed E-state index contributed by atoms with van der Waals surface area (Å²) in [6.45, 7) is 1.70. The number of nitrogens with one attached hydrogen (secondary N) is 1. The predicted molar refractivity (Wildman–Crippen MR) is 105 cm³/mol. The molecule has 0 saturated carbocycles. The van der Waals surface area contributed by atoms with E-state index in [4.69, 9.17) is 9.63 Å². The summed E-state index contributed by atoms with van der Waals surface area (Å²) in [6, 6.07) is 18.4. The second kappa shape index (κ2) is 8.58. The summed E-state index contributed by atoms with van der Waals surface area (Å²) in [6.07, 6.45) is -0.0745. The molecular formula is C20H20N2O3S. The van der Waals surface area contributed by atoms with Gasteiger partial charge < -0.3 is 9.63 Å². The van der Waals surface area contributed by atoms with E-state index in [1.165, 1.54) is 11.1 Å². The molecule has 0 fully saturated rings. The molecule has 1 amide bonds. The van der Waals surface area contributed by atoms with Gasteiger partial charge in [0, 0.05) is 11.3 Å². The number of aromatic nitrogens is 1. The fraction of sp³-hybridized carbons (Fsp3) is 0.200. The fourth-order valence-corrected chi connectivity index (χ4v) is 3.55. The maximum Gasteiger partial charge on any atom is 0.409 e. The Kier molecular flexibility index (Phi) is 5.96. The lowest BCUT2D eigenvalue weighted by Gasteiger charge is -2.05. The molecule has 0 unspecified atom stereocenters. The second-order valence-electron chi connectivity index (χ2n) is 5.89. The Bertz CT molecular complexity index is 861. The number of thioether (sulfide) groups is 1. The van der Waals surface area contributed by atoms with Crippen molar-refractivity contribution in [2.75, 3.05) is 11.1 Å². The van der Waals surface area contributed by atoms with Gasteiger partial charge in [-0.3, -0.25) is 5.32 Å². The molecule has 6 heteroatoms. The highest BCUT2D eigenvalue weighted by Gasteiger charge is 2.16. The molecule has 3 rings (SSSR count). The van der Waals surface area contributed by atoms with E-state index in [0.717, 1.165) is 23.5 Å². The van der Waals surface area contributed by atoms with E-state index in [1.807, 2.05) is 42.1 Å². The van der Waals surface area contributed by atoms with Crippen molar-refractivity contribution in [3.05, 3.63) is 71.4 Å². The zero-order valence-electron chi connectivity index (χ0n) is 14.4. The second-order valence-corrected chi connectivity index (χ2v) is 6.99. The number of carboxylic acid groups (broad SMARTS) is 1. The number of aryl methyl sites for hydroxylation is 2. The van der Waals surface area contributed by atoms with Crippen molar-refractivity contribution in [1.82, 2.24) is 5.16 Å². The Morgan fingerprint density at radius 3 is 2.54 bits per heavy atom. The minimum Gasteiger partial charge on any atom is -0.465 e. The molecule has 0 aliphatic heterocycles. The number of amides is 1. The van der Waals surface area contributed by atoms with Gasteiger partial charge in [0.1, 0.15) is 11.4 Å². The van der Waals surface area contributed by atoms with Crippen LogP contribution in [0.25, 0.3) is 11.3 Å². The van der Waals surface area contributed by atoms with E-state index >= 15 is 0 Å². The van der Waals surface area contributed by atoms with Gasteiger partial charge in [0.25, 0.3) is 0 Å². The molecule has 3 aromatic rings. The van der Waals surface area contributed by atoms with Gasteiger partial charge in [-0.05, 0) is 30.2 Å². The summed E-state index contributed by atoms with van der Waals surface area (Å²) >= 11 is 1.89. The third-order valence-electron chi connectivity index (χ3n) is 3.96. The number of carbonyl (C=O) groups is 1. The van der Waals surface area contributed by atoms with Crippen LogP contribution in [0, 0.1) is 6.92 Å². The Hall–Kier alpha value is -2.73. The average Bonchev–Trinajstić information content (AvgIpc) is 3.00. The molecule has 2 aromatic carbocycles. The molecule has 1 heterocycles. The van der Waals surface area contributed by atoms with Gasteiger partial charge in [-0.15, -0.1) is 0 Å². The van der Waals surface area contributed by atoms with Crippen molar-refractivity contribution >= 4 is 23.5 Å². The SMILES string of the molecule is Cc1noc(-c2ccc(CSCCc3ccccc3)cc2)c1NC(=O)O. The lowest BCUT2D eigenvalue weighted by Crippen LogP contribution is -2.08. The minimum absolute atomic E-state index is 0.391. The summed E-state index contributed by atoms with van der Waals surface area (Å²) in [5.41, 5.74) is 4.28. The lowest BCUT2D eigenvalue weighted by atomic mass is 10.1. The molecule has 0 aliphatic rings. The molecule has 26 heavy (non-hydrogen) atoms. The molecule has 5 nitrogen and oxygen atoms in total. The first-order chi connectivity index (χ1) is 12.6. The maximum atomic E-state index is 10.9. The zero-order valence-corrected chi connectivity index (χ0v) is 15.3. The standard InChI is InChI=1S/C20H20N2O3S/c1-14-18(21-20(23)24)19(25-22-14)17-9-7-16(8-10-17)13-26-12-11-15-5-3-2-4-6-15/h2-10,21H,11-13H2,1H3,(H,23,24). The Balaban J connectivity index is 1.58. The Labute approximate surface area is 156 Å². The van der Waals surface area contributed by atoms with Gasteiger partial charge in [-0.1, -0.05) is 59.8 Å². The first-order valence-electron chi connectivity index (χ1n) is 8.30. The highest BCUT2D eigenvalue weighted by atomic mass is 32.2. The highest BCUT2D eigenvalue weighted by molar-refractivity contribution is 7.98. The quantitative estimate of drug-likeness (QED) is 0.560. The molecule has 0 saturated heterocycles. The third-order valence-corrected chi connectivity index (χ3v) is 4.99. The van der Waals surface area contributed by atoms with Crippen LogP contribution >= 0.6 is 11.8 Å². The van der Waals surface area contributed by atoms with Crippen molar-refractivity contribution in [3.8, 4) is 11.3 Å². The van der Waals surface area contributed by atoms with Crippen LogP contribution in [0.5, 0.6) is 0 Å². The van der Waals surface area contributed by atoms with Crippen molar-refractivity contribution in [2.24, 2.45) is 0 Å². The molecule has 0 radical (unpaired) electrons. The first kappa shape index (κ1) is 18.1. The molecular weight excluding hydrogens is 348 g/mol. The molecule has 0 aliphatic carbocycles. The number of hydrogen-bond donors (Lipinski definition) is 2. The van der Waals surface area contributed by atoms with Crippen molar-refractivity contribution in [1.29, 1.82) is 0 Å². The van der Waals surface area contributed by atoms with Crippen LogP contribution in [0.2, 0.25) is 0 Å². The van der Waals surface area contributed by atoms with Crippen LogP contribution in [0.15, 0.2) is 59.1 Å². The van der Waals surface area contributed by atoms with Crippen LogP contribution < -0.4 is 5.32 Å². The van der Waals surface area contributed by atoms with Crippen LogP contribution in [-0.4, -0.2) is 22.1 Å². The van der Waals surface area contributed by atoms with E-state index in [9.17, 15) is 4.79 Å². The molecule has 2 N–H and O–H groups in total. The van der Waals surface area contributed by atoms with Crippen molar-refractivity contribution in [2.45, 2.75) is 19.1 Å². The topological polar surface area (TPSA) is 75.4 Å². The molecule has 0 spiro atoms. The van der Waals surface area contributed by atoms with Gasteiger partial charge in [-0.25, -0.2) is 4.79 Å². The zero-order chi connectivity index (χ0) is 18.4. The number of rotatable bonds is 7. The predicted octanol–water partition coefficient (Wildman–Crippen LogP) is 5.22. The van der Waals surface area contributed by atoms with E-state index in [0.29, 0.717) is 17.1 Å². The molecule has 0 bridgehead atoms. The summed E-state index contributed by atoms with van der Waals surface area (Å²) in [4.78, 5) is 10.9. The largest absolute Gasteiger partial charge is 0.465 e. The van der Waals surface area contributed by atoms with Gasteiger partial charge >= 0.3 is 6.09 Å². The molecule has 1 aromatic heterocycles. The Morgan fingerprint density at radius 1 is 1.12 bits per heavy atom. The molecule has 0 atom stereocenters. The van der Waals surface area contributed by atoms with Gasteiger partial charge in [0.2, 0.25) is 0 Å². The van der Waals surface area contributed by atoms with Gasteiger partial charge in [-0.2, -0.15) is 11.8 Å². The minimum atomic E-state index is -1.14. The van der Waals surface area contributed by atoms with Crippen LogP contribution in [0.4, 0.5) is 10.5 Å². The normalized spacial score (nSPS) is 10.7. The number of nitrogens with zero attached hydrogens (tertiary/aromatic N) is 1. The summed E-state index contributed by atoms with van der Waals surface area (Å²) < 4.78 is 5.29. The Morgan fingerprint density at radius 2 is 1.85 bits per heavy atom. The third kappa shape index (κ3) is 4.67. The van der Waals surface area contributed by atoms with E-state index in [1.54, 1.807) is 6.92 Å². The highest BCUT2D eigenvalue weighted by Crippen LogP contribution is 2.31.